The van der Waals surface area contributed by atoms with Gasteiger partial charge in [0.2, 0.25) is 6.36 Å². The number of rotatable bonds is 0. The van der Waals surface area contributed by atoms with Gasteiger partial charge in [0.15, 0.2) is 0 Å². The van der Waals surface area contributed by atoms with Gasteiger partial charge in [0.25, 0.3) is 0 Å². The van der Waals surface area contributed by atoms with Crippen molar-refractivity contribution in [3.05, 3.63) is 0 Å². The summed E-state index contributed by atoms with van der Waals surface area (Å²) in [5, 5.41) is 0. The van der Waals surface area contributed by atoms with E-state index in [1.54, 1.807) is 0 Å². The van der Waals surface area contributed by atoms with Crippen molar-refractivity contribution in [1.29, 1.82) is 0 Å². The van der Waals surface area contributed by atoms with Crippen molar-refractivity contribution in [2.75, 3.05) is 6.61 Å². The topological polar surface area (TPSA) is 31.0 Å². The summed E-state index contributed by atoms with van der Waals surface area (Å²) in [5.74, 6) is 0. The van der Waals surface area contributed by atoms with Gasteiger partial charge >= 0.3 is 0 Å². The molecule has 4 heteroatoms. The van der Waals surface area contributed by atoms with E-state index in [0.717, 1.165) is 0 Å². The molecule has 3 nitrogen and oxygen atoms in total. The SMILES string of the molecule is F[C@H]1OC[C@H]2O[C@@H]1[C@@H]1O[C@@H]12. The molecule has 3 heterocycles. The van der Waals surface area contributed by atoms with Crippen LogP contribution in [0.1, 0.15) is 0 Å². The van der Waals surface area contributed by atoms with Crippen LogP contribution in [0.5, 0.6) is 0 Å². The number of alkyl halides is 1. The van der Waals surface area contributed by atoms with Crippen LogP contribution in [0.3, 0.4) is 0 Å². The molecule has 0 unspecified atom stereocenters. The Kier molecular flexibility index (Phi) is 0.829. The summed E-state index contributed by atoms with van der Waals surface area (Å²) in [4.78, 5) is 0. The van der Waals surface area contributed by atoms with Gasteiger partial charge in [0.05, 0.1) is 6.61 Å². The van der Waals surface area contributed by atoms with Crippen LogP contribution in [-0.2, 0) is 14.2 Å². The van der Waals surface area contributed by atoms with Gasteiger partial charge in [-0.25, -0.2) is 4.39 Å². The Hall–Kier alpha value is -0.190. The van der Waals surface area contributed by atoms with Gasteiger partial charge in [0.1, 0.15) is 24.4 Å². The van der Waals surface area contributed by atoms with Gasteiger partial charge in [-0.05, 0) is 0 Å². The quantitative estimate of drug-likeness (QED) is 0.445. The zero-order chi connectivity index (χ0) is 6.72. The molecule has 0 saturated carbocycles. The number of halogens is 1. The lowest BCUT2D eigenvalue weighted by molar-refractivity contribution is -0.221. The summed E-state index contributed by atoms with van der Waals surface area (Å²) in [5.41, 5.74) is 0. The zero-order valence-corrected chi connectivity index (χ0v) is 5.20. The maximum Gasteiger partial charge on any atom is 0.228 e. The first-order chi connectivity index (χ1) is 4.86. The van der Waals surface area contributed by atoms with Crippen molar-refractivity contribution in [2.24, 2.45) is 0 Å². The smallest absolute Gasteiger partial charge is 0.228 e. The van der Waals surface area contributed by atoms with Crippen LogP contribution < -0.4 is 0 Å². The second-order valence-corrected chi connectivity index (χ2v) is 2.89. The van der Waals surface area contributed by atoms with E-state index in [-0.39, 0.29) is 18.3 Å². The molecule has 2 bridgehead atoms. The summed E-state index contributed by atoms with van der Waals surface area (Å²) >= 11 is 0. The normalized spacial score (nSPS) is 63.9. The second kappa shape index (κ2) is 1.52. The van der Waals surface area contributed by atoms with E-state index >= 15 is 0 Å². The first-order valence-electron chi connectivity index (χ1n) is 3.43. The maximum absolute atomic E-state index is 12.7. The van der Waals surface area contributed by atoms with Gasteiger partial charge in [-0.1, -0.05) is 0 Å². The molecule has 5 atom stereocenters. The van der Waals surface area contributed by atoms with Crippen molar-refractivity contribution in [3.63, 3.8) is 0 Å². The molecule has 0 spiro atoms. The highest BCUT2D eigenvalue weighted by atomic mass is 19.1. The molecule has 3 fully saturated rings. The number of fused-ring (bicyclic) bond motifs is 5. The van der Waals surface area contributed by atoms with Crippen molar-refractivity contribution in [1.82, 2.24) is 0 Å². The first kappa shape index (κ1) is 5.46. The average Bonchev–Trinajstić information content (AvgIpc) is 2.65. The minimum absolute atomic E-state index is 0.00185. The van der Waals surface area contributed by atoms with Gasteiger partial charge in [-0.15, -0.1) is 0 Å². The Bertz CT molecular complexity index is 172. The maximum atomic E-state index is 12.7. The Morgan fingerprint density at radius 3 is 2.80 bits per heavy atom. The number of hydrogen-bond donors (Lipinski definition) is 0. The average molecular weight is 146 g/mol. The van der Waals surface area contributed by atoms with E-state index < -0.39 is 12.5 Å². The summed E-state index contributed by atoms with van der Waals surface area (Å²) in [6, 6.07) is 0. The lowest BCUT2D eigenvalue weighted by Crippen LogP contribution is -2.39. The molecule has 0 aromatic carbocycles. The number of epoxide rings is 1. The monoisotopic (exact) mass is 146 g/mol. The largest absolute Gasteiger partial charge is 0.364 e. The standard InChI is InChI=1S/C6H7FO3/c7-6-5-4-3(10-4)2(9-5)1-8-6/h2-6H,1H2/t2-,3-,4-,5-,6+/m1/s1. The molecule has 0 aromatic rings. The molecule has 3 aliphatic rings. The molecule has 0 aliphatic carbocycles. The van der Waals surface area contributed by atoms with Crippen molar-refractivity contribution < 1.29 is 18.6 Å². The summed E-state index contributed by atoms with van der Waals surface area (Å²) in [7, 11) is 0. The Morgan fingerprint density at radius 1 is 1.10 bits per heavy atom. The Labute approximate surface area is 57.1 Å². The van der Waals surface area contributed by atoms with Gasteiger partial charge in [0, 0.05) is 0 Å². The van der Waals surface area contributed by atoms with E-state index in [0.29, 0.717) is 6.61 Å². The minimum Gasteiger partial charge on any atom is -0.364 e. The third-order valence-corrected chi connectivity index (χ3v) is 2.26. The van der Waals surface area contributed by atoms with Crippen molar-refractivity contribution in [2.45, 2.75) is 30.8 Å². The molecule has 0 amide bonds. The highest BCUT2D eigenvalue weighted by Crippen LogP contribution is 2.44. The molecule has 0 N–H and O–H groups in total. The fourth-order valence-electron chi connectivity index (χ4n) is 1.68. The van der Waals surface area contributed by atoms with Gasteiger partial charge in [-0.2, -0.15) is 0 Å². The van der Waals surface area contributed by atoms with Gasteiger partial charge < -0.3 is 14.2 Å². The predicted octanol–water partition coefficient (Wildman–Crippen LogP) is -0.153. The van der Waals surface area contributed by atoms with Crippen LogP contribution in [0.25, 0.3) is 0 Å². The fourth-order valence-corrected chi connectivity index (χ4v) is 1.68. The van der Waals surface area contributed by atoms with Crippen LogP contribution in [0.2, 0.25) is 0 Å². The first-order valence-corrected chi connectivity index (χ1v) is 3.43. The molecule has 3 saturated heterocycles. The third kappa shape index (κ3) is 0.504. The molecule has 3 rings (SSSR count). The zero-order valence-electron chi connectivity index (χ0n) is 5.20. The van der Waals surface area contributed by atoms with E-state index in [2.05, 4.69) is 0 Å². The highest BCUT2D eigenvalue weighted by Gasteiger charge is 2.63. The lowest BCUT2D eigenvalue weighted by Gasteiger charge is -2.26. The highest BCUT2D eigenvalue weighted by molar-refractivity contribution is 5.06. The van der Waals surface area contributed by atoms with Crippen LogP contribution in [0.15, 0.2) is 0 Å². The van der Waals surface area contributed by atoms with E-state index in [9.17, 15) is 4.39 Å². The summed E-state index contributed by atoms with van der Waals surface area (Å²) < 4.78 is 27.9. The summed E-state index contributed by atoms with van der Waals surface area (Å²) in [6.45, 7) is 0.346. The van der Waals surface area contributed by atoms with Crippen molar-refractivity contribution in [3.8, 4) is 0 Å². The predicted molar refractivity (Wildman–Crippen MR) is 28.2 cm³/mol. The Morgan fingerprint density at radius 2 is 2.00 bits per heavy atom. The molecule has 0 radical (unpaired) electrons. The Balaban J connectivity index is 1.90. The molecule has 0 aromatic heterocycles. The van der Waals surface area contributed by atoms with E-state index in [1.165, 1.54) is 0 Å². The molecule has 56 valence electrons. The van der Waals surface area contributed by atoms with Crippen LogP contribution in [0, 0.1) is 0 Å². The minimum atomic E-state index is -1.27. The van der Waals surface area contributed by atoms with E-state index in [1.807, 2.05) is 0 Å². The van der Waals surface area contributed by atoms with Crippen LogP contribution in [0.4, 0.5) is 4.39 Å². The molecular weight excluding hydrogens is 139 g/mol. The van der Waals surface area contributed by atoms with Gasteiger partial charge in [-0.3, -0.25) is 0 Å². The lowest BCUT2D eigenvalue weighted by atomic mass is 10.2. The van der Waals surface area contributed by atoms with E-state index in [4.69, 9.17) is 14.2 Å². The number of ether oxygens (including phenoxy) is 3. The third-order valence-electron chi connectivity index (χ3n) is 2.26. The second-order valence-electron chi connectivity index (χ2n) is 2.89. The van der Waals surface area contributed by atoms with Crippen LogP contribution in [-0.4, -0.2) is 37.4 Å². The van der Waals surface area contributed by atoms with Crippen molar-refractivity contribution >= 4 is 0 Å². The molecular formula is C6H7FO3. The number of hydrogen-bond acceptors (Lipinski definition) is 3. The molecule has 3 aliphatic heterocycles. The molecule has 10 heavy (non-hydrogen) atoms. The summed E-state index contributed by atoms with van der Waals surface area (Å²) in [6.07, 6.45) is -1.59. The fraction of sp³-hybridized carbons (Fsp3) is 1.00. The van der Waals surface area contributed by atoms with Crippen LogP contribution >= 0.6 is 0 Å².